The molecule has 0 aliphatic carbocycles. The number of hydrogen-bond donors (Lipinski definition) is 0. The molecule has 0 unspecified atom stereocenters. The van der Waals surface area contributed by atoms with Gasteiger partial charge in [-0.2, -0.15) is 5.10 Å². The Morgan fingerprint density at radius 2 is 1.69 bits per heavy atom. The van der Waals surface area contributed by atoms with Crippen molar-refractivity contribution in [2.45, 2.75) is 31.0 Å². The van der Waals surface area contributed by atoms with Crippen molar-refractivity contribution in [1.29, 1.82) is 0 Å². The Morgan fingerprint density at radius 3 is 2.59 bits per heavy atom. The number of hydrazone groups is 1. The van der Waals surface area contributed by atoms with Crippen LogP contribution in [0.1, 0.15) is 36.4 Å². The summed E-state index contributed by atoms with van der Waals surface area (Å²) in [5.74, 6) is 1.03. The zero-order valence-electron chi connectivity index (χ0n) is 16.7. The van der Waals surface area contributed by atoms with E-state index in [1.807, 2.05) is 0 Å². The van der Waals surface area contributed by atoms with Crippen LogP contribution in [0.4, 0.5) is 0 Å². The Bertz CT molecular complexity index is 1110. The van der Waals surface area contributed by atoms with Crippen LogP contribution in [0, 0.1) is 0 Å². The fraction of sp³-hybridized carbons (Fsp3) is 0.320. The summed E-state index contributed by atoms with van der Waals surface area (Å²) in [6.07, 6.45) is 2.87. The molecule has 0 radical (unpaired) electrons. The fourth-order valence-corrected chi connectivity index (χ4v) is 5.17. The average Bonchev–Trinajstić information content (AvgIpc) is 3.22. The van der Waals surface area contributed by atoms with Crippen LogP contribution in [0.3, 0.4) is 0 Å². The molecule has 1 saturated heterocycles. The molecule has 1 fully saturated rings. The third kappa shape index (κ3) is 2.59. The van der Waals surface area contributed by atoms with Crippen molar-refractivity contribution in [1.82, 2.24) is 9.91 Å². The molecule has 4 heteroatoms. The molecule has 0 N–H and O–H groups in total. The number of hydrogen-bond acceptors (Lipinski definition) is 4. The first-order valence-corrected chi connectivity index (χ1v) is 10.5. The number of ether oxygens (including phenoxy) is 1. The first-order valence-electron chi connectivity index (χ1n) is 10.5. The number of nitrogens with zero attached hydrogens (tertiary/aromatic N) is 3. The van der Waals surface area contributed by atoms with Crippen molar-refractivity contribution in [3.8, 4) is 5.75 Å². The van der Waals surface area contributed by atoms with Gasteiger partial charge in [0.25, 0.3) is 0 Å². The fourth-order valence-electron chi connectivity index (χ4n) is 5.17. The van der Waals surface area contributed by atoms with Crippen molar-refractivity contribution in [3.05, 3.63) is 77.9 Å². The van der Waals surface area contributed by atoms with E-state index in [9.17, 15) is 0 Å². The first-order chi connectivity index (χ1) is 14.2. The molecule has 3 aliphatic heterocycles. The minimum absolute atomic E-state index is 0.248. The number of fused-ring (bicyclic) bond motifs is 5. The van der Waals surface area contributed by atoms with Gasteiger partial charge in [0.1, 0.15) is 5.75 Å². The summed E-state index contributed by atoms with van der Waals surface area (Å²) in [4.78, 5) is 2.38. The van der Waals surface area contributed by atoms with Crippen LogP contribution in [0.15, 0.2) is 71.8 Å². The highest BCUT2D eigenvalue weighted by molar-refractivity contribution is 6.11. The summed E-state index contributed by atoms with van der Waals surface area (Å²) in [6.45, 7) is 2.06. The molecule has 1 atom stereocenters. The highest BCUT2D eigenvalue weighted by Gasteiger charge is 2.51. The predicted octanol–water partition coefficient (Wildman–Crippen LogP) is 4.81. The average molecular weight is 383 g/mol. The lowest BCUT2D eigenvalue weighted by Gasteiger charge is -2.50. The normalized spacial score (nSPS) is 22.9. The van der Waals surface area contributed by atoms with E-state index in [4.69, 9.17) is 9.84 Å². The molecule has 3 aromatic rings. The second kappa shape index (κ2) is 6.33. The third-order valence-corrected chi connectivity index (χ3v) is 6.77. The summed E-state index contributed by atoms with van der Waals surface area (Å²) in [5.41, 5.74) is 3.34. The molecule has 4 nitrogen and oxygen atoms in total. The molecule has 0 amide bonds. The lowest BCUT2D eigenvalue weighted by Crippen LogP contribution is -2.58. The van der Waals surface area contributed by atoms with Crippen molar-refractivity contribution in [2.24, 2.45) is 5.10 Å². The minimum Gasteiger partial charge on any atom is -0.466 e. The van der Waals surface area contributed by atoms with E-state index >= 15 is 0 Å². The quantitative estimate of drug-likeness (QED) is 0.604. The number of rotatable bonds is 1. The highest BCUT2D eigenvalue weighted by Crippen LogP contribution is 2.50. The first kappa shape index (κ1) is 17.0. The molecule has 1 spiro atoms. The SMILES string of the molecule is CN1CCC2(CC1)Oc1ccccc1[C@@H]1CC(c3cccc4ccccc34)=NN12. The number of benzene rings is 3. The maximum atomic E-state index is 6.69. The Morgan fingerprint density at radius 1 is 0.931 bits per heavy atom. The van der Waals surface area contributed by atoms with Gasteiger partial charge in [0, 0.05) is 43.5 Å². The largest absolute Gasteiger partial charge is 0.466 e. The van der Waals surface area contributed by atoms with Gasteiger partial charge in [-0.15, -0.1) is 0 Å². The van der Waals surface area contributed by atoms with Crippen molar-refractivity contribution < 1.29 is 4.74 Å². The number of likely N-dealkylation sites (tertiary alicyclic amines) is 1. The van der Waals surface area contributed by atoms with E-state index in [0.717, 1.165) is 38.1 Å². The molecule has 3 aromatic carbocycles. The van der Waals surface area contributed by atoms with Gasteiger partial charge in [-0.1, -0.05) is 60.7 Å². The zero-order valence-corrected chi connectivity index (χ0v) is 16.7. The van der Waals surface area contributed by atoms with Crippen LogP contribution in [0.25, 0.3) is 10.8 Å². The molecule has 146 valence electrons. The number of piperidine rings is 1. The summed E-state index contributed by atoms with van der Waals surface area (Å²) in [5, 5.41) is 10.1. The smallest absolute Gasteiger partial charge is 0.200 e. The van der Waals surface area contributed by atoms with Gasteiger partial charge < -0.3 is 9.64 Å². The summed E-state index contributed by atoms with van der Waals surface area (Å²) < 4.78 is 6.69. The molecular formula is C25H25N3O. The third-order valence-electron chi connectivity index (χ3n) is 6.77. The molecule has 0 bridgehead atoms. The van der Waals surface area contributed by atoms with E-state index in [0.29, 0.717) is 0 Å². The van der Waals surface area contributed by atoms with E-state index in [-0.39, 0.29) is 11.8 Å². The minimum atomic E-state index is -0.335. The van der Waals surface area contributed by atoms with Crippen LogP contribution in [0.5, 0.6) is 5.75 Å². The standard InChI is InChI=1S/C25H25N3O/c1-27-15-13-25(14-16-27)28-23(21-10-4-5-12-24(21)29-25)17-22(26-28)20-11-6-8-18-7-2-3-9-19(18)20/h2-12,23H,13-17H2,1H3/t23-/m0/s1. The Balaban J connectivity index is 1.48. The second-order valence-electron chi connectivity index (χ2n) is 8.53. The number of para-hydroxylation sites is 1. The lowest BCUT2D eigenvalue weighted by molar-refractivity contribution is -0.147. The Kier molecular flexibility index (Phi) is 3.72. The molecule has 29 heavy (non-hydrogen) atoms. The van der Waals surface area contributed by atoms with Crippen molar-refractivity contribution in [3.63, 3.8) is 0 Å². The van der Waals surface area contributed by atoms with Gasteiger partial charge in [0.15, 0.2) is 0 Å². The van der Waals surface area contributed by atoms with E-state index in [1.165, 1.54) is 27.6 Å². The van der Waals surface area contributed by atoms with Crippen LogP contribution < -0.4 is 4.74 Å². The molecular weight excluding hydrogens is 358 g/mol. The molecule has 0 aromatic heterocycles. The van der Waals surface area contributed by atoms with E-state index in [1.54, 1.807) is 0 Å². The maximum Gasteiger partial charge on any atom is 0.200 e. The molecule has 3 aliphatic rings. The van der Waals surface area contributed by atoms with Gasteiger partial charge in [-0.3, -0.25) is 0 Å². The summed E-state index contributed by atoms with van der Waals surface area (Å²) in [6, 6.07) is 23.9. The summed E-state index contributed by atoms with van der Waals surface area (Å²) >= 11 is 0. The summed E-state index contributed by atoms with van der Waals surface area (Å²) in [7, 11) is 2.19. The molecule has 6 rings (SSSR count). The molecule has 0 saturated carbocycles. The van der Waals surface area contributed by atoms with Gasteiger partial charge >= 0.3 is 0 Å². The topological polar surface area (TPSA) is 28.1 Å². The Hall–Kier alpha value is -2.85. The van der Waals surface area contributed by atoms with Gasteiger partial charge in [0.05, 0.1) is 11.8 Å². The van der Waals surface area contributed by atoms with E-state index in [2.05, 4.69) is 83.7 Å². The van der Waals surface area contributed by atoms with Gasteiger partial charge in [0.2, 0.25) is 5.72 Å². The highest BCUT2D eigenvalue weighted by atomic mass is 16.5. The van der Waals surface area contributed by atoms with E-state index < -0.39 is 0 Å². The van der Waals surface area contributed by atoms with Gasteiger partial charge in [-0.25, -0.2) is 5.01 Å². The van der Waals surface area contributed by atoms with Crippen LogP contribution in [0.2, 0.25) is 0 Å². The Labute approximate surface area is 171 Å². The molecule has 3 heterocycles. The van der Waals surface area contributed by atoms with Crippen molar-refractivity contribution in [2.75, 3.05) is 20.1 Å². The van der Waals surface area contributed by atoms with Crippen molar-refractivity contribution >= 4 is 16.5 Å². The second-order valence-corrected chi connectivity index (χ2v) is 8.53. The maximum absolute atomic E-state index is 6.69. The van der Waals surface area contributed by atoms with Crippen LogP contribution >= 0.6 is 0 Å². The lowest BCUT2D eigenvalue weighted by atomic mass is 9.90. The monoisotopic (exact) mass is 383 g/mol. The predicted molar refractivity (Wildman–Crippen MR) is 116 cm³/mol. The zero-order chi connectivity index (χ0) is 19.4. The van der Waals surface area contributed by atoms with Crippen LogP contribution in [-0.2, 0) is 0 Å². The van der Waals surface area contributed by atoms with Crippen LogP contribution in [-0.4, -0.2) is 41.5 Å². The van der Waals surface area contributed by atoms with Gasteiger partial charge in [-0.05, 0) is 23.9 Å².